The Labute approximate surface area is 111 Å². The van der Waals surface area contributed by atoms with Crippen molar-refractivity contribution in [2.24, 2.45) is 5.41 Å². The van der Waals surface area contributed by atoms with Gasteiger partial charge in [-0.15, -0.1) is 0 Å². The third-order valence-electron chi connectivity index (χ3n) is 3.96. The van der Waals surface area contributed by atoms with Crippen LogP contribution in [0.25, 0.3) is 0 Å². The van der Waals surface area contributed by atoms with E-state index < -0.39 is 0 Å². The molecule has 3 heteroatoms. The summed E-state index contributed by atoms with van der Waals surface area (Å²) in [6.45, 7) is 3.10. The lowest BCUT2D eigenvalue weighted by atomic mass is 10.1. The van der Waals surface area contributed by atoms with Crippen LogP contribution in [0, 0.1) is 5.41 Å². The maximum Gasteiger partial charge on any atom is 0.220 e. The number of unbranched alkanes of at least 4 members (excludes halogenated alkanes) is 6. The standard InChI is InChI=1S/C15H29NO2/c1-2-3-4-5-6-7-8-9-14(18)16-12-15(13-17)10-11-15/h17H,2-13H2,1H3,(H,16,18). The van der Waals surface area contributed by atoms with Gasteiger partial charge in [-0.05, 0) is 19.3 Å². The van der Waals surface area contributed by atoms with Crippen molar-refractivity contribution in [2.45, 2.75) is 71.1 Å². The minimum atomic E-state index is 0.0375. The first-order valence-corrected chi connectivity index (χ1v) is 7.60. The third-order valence-corrected chi connectivity index (χ3v) is 3.96. The van der Waals surface area contributed by atoms with Crippen LogP contribution in [0.1, 0.15) is 71.1 Å². The molecular formula is C15H29NO2. The molecule has 0 spiro atoms. The minimum absolute atomic E-state index is 0.0375. The van der Waals surface area contributed by atoms with Gasteiger partial charge >= 0.3 is 0 Å². The van der Waals surface area contributed by atoms with Crippen LogP contribution in [-0.2, 0) is 4.79 Å². The molecule has 2 N–H and O–H groups in total. The highest BCUT2D eigenvalue weighted by atomic mass is 16.3. The molecule has 1 aliphatic carbocycles. The Bertz CT molecular complexity index is 237. The Morgan fingerprint density at radius 2 is 1.72 bits per heavy atom. The van der Waals surface area contributed by atoms with Crippen molar-refractivity contribution in [3.63, 3.8) is 0 Å². The molecular weight excluding hydrogens is 226 g/mol. The molecule has 0 saturated heterocycles. The SMILES string of the molecule is CCCCCCCCCC(=O)NCC1(CO)CC1. The number of carbonyl (C=O) groups excluding carboxylic acids is 1. The van der Waals surface area contributed by atoms with Gasteiger partial charge in [0.05, 0.1) is 6.61 Å². The van der Waals surface area contributed by atoms with Gasteiger partial charge in [-0.1, -0.05) is 45.4 Å². The molecule has 0 radical (unpaired) electrons. The van der Waals surface area contributed by atoms with Crippen molar-refractivity contribution in [3.8, 4) is 0 Å². The van der Waals surface area contributed by atoms with Crippen LogP contribution in [0.4, 0.5) is 0 Å². The number of rotatable bonds is 11. The monoisotopic (exact) mass is 255 g/mol. The summed E-state index contributed by atoms with van der Waals surface area (Å²) < 4.78 is 0. The van der Waals surface area contributed by atoms with Crippen LogP contribution >= 0.6 is 0 Å². The van der Waals surface area contributed by atoms with Crippen molar-refractivity contribution in [3.05, 3.63) is 0 Å². The fraction of sp³-hybridized carbons (Fsp3) is 0.933. The van der Waals surface area contributed by atoms with Crippen molar-refractivity contribution >= 4 is 5.91 Å². The Hall–Kier alpha value is -0.570. The van der Waals surface area contributed by atoms with Crippen molar-refractivity contribution in [1.82, 2.24) is 5.32 Å². The smallest absolute Gasteiger partial charge is 0.220 e. The Kier molecular flexibility index (Phi) is 7.33. The molecule has 1 aliphatic rings. The van der Waals surface area contributed by atoms with Gasteiger partial charge in [0.1, 0.15) is 0 Å². The summed E-state index contributed by atoms with van der Waals surface area (Å²) in [5, 5.41) is 12.1. The van der Waals surface area contributed by atoms with E-state index >= 15 is 0 Å². The minimum Gasteiger partial charge on any atom is -0.396 e. The molecule has 3 nitrogen and oxygen atoms in total. The van der Waals surface area contributed by atoms with Gasteiger partial charge < -0.3 is 10.4 Å². The van der Waals surface area contributed by atoms with Gasteiger partial charge in [-0.2, -0.15) is 0 Å². The average molecular weight is 255 g/mol. The van der Waals surface area contributed by atoms with Gasteiger partial charge in [0.2, 0.25) is 5.91 Å². The van der Waals surface area contributed by atoms with Crippen LogP contribution < -0.4 is 5.32 Å². The number of nitrogens with one attached hydrogen (secondary N) is 1. The van der Waals surface area contributed by atoms with Crippen LogP contribution in [0.5, 0.6) is 0 Å². The van der Waals surface area contributed by atoms with E-state index in [-0.39, 0.29) is 17.9 Å². The normalized spacial score (nSPS) is 16.6. The highest BCUT2D eigenvalue weighted by Gasteiger charge is 2.41. The lowest BCUT2D eigenvalue weighted by Crippen LogP contribution is -2.31. The fourth-order valence-corrected chi connectivity index (χ4v) is 2.18. The molecule has 0 aromatic rings. The second-order valence-electron chi connectivity index (χ2n) is 5.81. The topological polar surface area (TPSA) is 49.3 Å². The van der Waals surface area contributed by atoms with E-state index in [1.807, 2.05) is 0 Å². The fourth-order valence-electron chi connectivity index (χ4n) is 2.18. The lowest BCUT2D eigenvalue weighted by molar-refractivity contribution is -0.121. The molecule has 0 atom stereocenters. The molecule has 0 unspecified atom stereocenters. The van der Waals surface area contributed by atoms with Crippen LogP contribution in [-0.4, -0.2) is 24.2 Å². The van der Waals surface area contributed by atoms with E-state index in [4.69, 9.17) is 5.11 Å². The third kappa shape index (κ3) is 6.39. The van der Waals surface area contributed by atoms with Gasteiger partial charge in [0, 0.05) is 18.4 Å². The Balaban J connectivity index is 1.88. The maximum absolute atomic E-state index is 11.6. The number of aliphatic hydroxyl groups is 1. The molecule has 0 bridgehead atoms. The summed E-state index contributed by atoms with van der Waals surface area (Å²) in [7, 11) is 0. The van der Waals surface area contributed by atoms with Crippen molar-refractivity contribution in [2.75, 3.05) is 13.2 Å². The van der Waals surface area contributed by atoms with Crippen LogP contribution in [0.2, 0.25) is 0 Å². The molecule has 1 fully saturated rings. The number of amides is 1. The van der Waals surface area contributed by atoms with Gasteiger partial charge in [0.15, 0.2) is 0 Å². The van der Waals surface area contributed by atoms with E-state index in [9.17, 15) is 4.79 Å². The van der Waals surface area contributed by atoms with Gasteiger partial charge in [-0.25, -0.2) is 0 Å². The molecule has 0 aliphatic heterocycles. The number of aliphatic hydroxyl groups excluding tert-OH is 1. The lowest BCUT2D eigenvalue weighted by Gasteiger charge is -2.12. The molecule has 0 aromatic carbocycles. The van der Waals surface area contributed by atoms with Crippen LogP contribution in [0.3, 0.4) is 0 Å². The highest BCUT2D eigenvalue weighted by molar-refractivity contribution is 5.75. The zero-order valence-electron chi connectivity index (χ0n) is 11.8. The summed E-state index contributed by atoms with van der Waals surface area (Å²) in [4.78, 5) is 11.6. The van der Waals surface area contributed by atoms with Crippen molar-refractivity contribution < 1.29 is 9.90 Å². The van der Waals surface area contributed by atoms with E-state index in [1.165, 1.54) is 38.5 Å². The summed E-state index contributed by atoms with van der Waals surface area (Å²) >= 11 is 0. The Morgan fingerprint density at radius 1 is 1.11 bits per heavy atom. The first-order chi connectivity index (χ1) is 8.72. The zero-order chi connectivity index (χ0) is 13.3. The van der Waals surface area contributed by atoms with E-state index in [2.05, 4.69) is 12.2 Å². The average Bonchev–Trinajstić information content (AvgIpc) is 3.16. The maximum atomic E-state index is 11.6. The number of hydrogen-bond acceptors (Lipinski definition) is 2. The number of carbonyl (C=O) groups is 1. The number of hydrogen-bond donors (Lipinski definition) is 2. The summed E-state index contributed by atoms with van der Waals surface area (Å²) in [6, 6.07) is 0. The quantitative estimate of drug-likeness (QED) is 0.558. The molecule has 106 valence electrons. The molecule has 18 heavy (non-hydrogen) atoms. The van der Waals surface area contributed by atoms with E-state index in [1.54, 1.807) is 0 Å². The molecule has 0 heterocycles. The van der Waals surface area contributed by atoms with Crippen molar-refractivity contribution in [1.29, 1.82) is 0 Å². The second kappa shape index (κ2) is 8.52. The molecule has 1 amide bonds. The van der Waals surface area contributed by atoms with Gasteiger partial charge in [0.25, 0.3) is 0 Å². The van der Waals surface area contributed by atoms with E-state index in [0.717, 1.165) is 19.3 Å². The first-order valence-electron chi connectivity index (χ1n) is 7.60. The summed E-state index contributed by atoms with van der Waals surface area (Å²) in [5.74, 6) is 0.156. The predicted molar refractivity (Wildman–Crippen MR) is 74.4 cm³/mol. The molecule has 1 rings (SSSR count). The summed E-state index contributed by atoms with van der Waals surface area (Å²) in [5.41, 5.74) is 0.0375. The molecule has 1 saturated carbocycles. The Morgan fingerprint density at radius 3 is 2.28 bits per heavy atom. The second-order valence-corrected chi connectivity index (χ2v) is 5.81. The zero-order valence-corrected chi connectivity index (χ0v) is 11.8. The first kappa shape index (κ1) is 15.5. The summed E-state index contributed by atoms with van der Waals surface area (Å²) in [6.07, 6.45) is 11.5. The van der Waals surface area contributed by atoms with E-state index in [0.29, 0.717) is 13.0 Å². The van der Waals surface area contributed by atoms with Crippen LogP contribution in [0.15, 0.2) is 0 Å². The van der Waals surface area contributed by atoms with Gasteiger partial charge in [-0.3, -0.25) is 4.79 Å². The largest absolute Gasteiger partial charge is 0.396 e. The highest BCUT2D eigenvalue weighted by Crippen LogP contribution is 2.44. The predicted octanol–water partition coefficient (Wildman–Crippen LogP) is 3.02. The molecule has 0 aromatic heterocycles.